The van der Waals surface area contributed by atoms with E-state index in [2.05, 4.69) is 27.4 Å². The molecule has 2 N–H and O–H groups in total. The molecule has 27 heavy (non-hydrogen) atoms. The highest BCUT2D eigenvalue weighted by molar-refractivity contribution is 5.92. The Bertz CT molecular complexity index is 1150. The number of aromatic amines is 1. The van der Waals surface area contributed by atoms with Gasteiger partial charge in [-0.05, 0) is 28.8 Å². The summed E-state index contributed by atoms with van der Waals surface area (Å²) in [5.74, 6) is -0.399. The van der Waals surface area contributed by atoms with Gasteiger partial charge in [-0.3, -0.25) is 9.59 Å². The standard InChI is InChI=1S/C22H17N3O2/c26-21-18-8-4-5-9-19(18)24-20(25-21)22(27)23-14-15-10-12-17(13-11-15)16-6-2-1-3-7-16/h1-13H,14H2,(H,23,27)(H,24,25,26). The van der Waals surface area contributed by atoms with Crippen molar-refractivity contribution in [2.75, 3.05) is 0 Å². The Morgan fingerprint density at radius 3 is 2.30 bits per heavy atom. The van der Waals surface area contributed by atoms with Crippen LogP contribution in [0.1, 0.15) is 16.2 Å². The summed E-state index contributed by atoms with van der Waals surface area (Å²) in [7, 11) is 0. The number of nitrogens with zero attached hydrogens (tertiary/aromatic N) is 1. The third kappa shape index (κ3) is 3.62. The summed E-state index contributed by atoms with van der Waals surface area (Å²) in [6.45, 7) is 0.352. The predicted octanol–water partition coefficient (Wildman–Crippen LogP) is 3.52. The lowest BCUT2D eigenvalue weighted by molar-refractivity contribution is 0.0940. The lowest BCUT2D eigenvalue weighted by Crippen LogP contribution is -2.27. The van der Waals surface area contributed by atoms with Crippen molar-refractivity contribution in [3.05, 3.63) is 101 Å². The van der Waals surface area contributed by atoms with E-state index in [-0.39, 0.29) is 11.4 Å². The molecule has 0 fully saturated rings. The van der Waals surface area contributed by atoms with E-state index in [1.807, 2.05) is 42.5 Å². The van der Waals surface area contributed by atoms with Crippen molar-refractivity contribution in [3.63, 3.8) is 0 Å². The number of rotatable bonds is 4. The second kappa shape index (κ2) is 7.25. The van der Waals surface area contributed by atoms with Crippen LogP contribution in [0.25, 0.3) is 22.0 Å². The summed E-state index contributed by atoms with van der Waals surface area (Å²) in [5, 5.41) is 3.26. The smallest absolute Gasteiger partial charge is 0.287 e. The molecule has 132 valence electrons. The second-order valence-corrected chi connectivity index (χ2v) is 6.18. The van der Waals surface area contributed by atoms with Crippen molar-refractivity contribution < 1.29 is 4.79 Å². The molecular formula is C22H17N3O2. The SMILES string of the molecule is O=C(NCc1ccc(-c2ccccc2)cc1)c1nc2ccccc2c(=O)[nH]1. The number of fused-ring (bicyclic) bond motifs is 1. The molecule has 5 nitrogen and oxygen atoms in total. The minimum absolute atomic E-state index is 0.0135. The zero-order valence-electron chi connectivity index (χ0n) is 14.5. The average Bonchev–Trinajstić information content (AvgIpc) is 2.73. The fraction of sp³-hybridized carbons (Fsp3) is 0.0455. The Balaban J connectivity index is 1.47. The summed E-state index contributed by atoms with van der Waals surface area (Å²) in [6.07, 6.45) is 0. The van der Waals surface area contributed by atoms with Crippen LogP contribution < -0.4 is 10.9 Å². The van der Waals surface area contributed by atoms with Crippen LogP contribution >= 0.6 is 0 Å². The lowest BCUT2D eigenvalue weighted by Gasteiger charge is -2.07. The van der Waals surface area contributed by atoms with E-state index in [0.29, 0.717) is 17.4 Å². The molecule has 0 saturated carbocycles. The topological polar surface area (TPSA) is 74.8 Å². The Labute approximate surface area is 155 Å². The molecule has 0 aliphatic heterocycles. The van der Waals surface area contributed by atoms with E-state index in [1.165, 1.54) is 0 Å². The molecule has 4 rings (SSSR count). The fourth-order valence-corrected chi connectivity index (χ4v) is 2.91. The third-order valence-electron chi connectivity index (χ3n) is 4.34. The minimum Gasteiger partial charge on any atom is -0.345 e. The van der Waals surface area contributed by atoms with Crippen molar-refractivity contribution in [2.24, 2.45) is 0 Å². The lowest BCUT2D eigenvalue weighted by atomic mass is 10.0. The fourth-order valence-electron chi connectivity index (χ4n) is 2.91. The normalized spacial score (nSPS) is 10.7. The van der Waals surface area contributed by atoms with E-state index >= 15 is 0 Å². The summed E-state index contributed by atoms with van der Waals surface area (Å²) in [6, 6.07) is 25.0. The van der Waals surface area contributed by atoms with Crippen molar-refractivity contribution in [1.82, 2.24) is 15.3 Å². The number of H-pyrrole nitrogens is 1. The van der Waals surface area contributed by atoms with Gasteiger partial charge < -0.3 is 10.3 Å². The van der Waals surface area contributed by atoms with Gasteiger partial charge in [0.15, 0.2) is 5.82 Å². The first kappa shape index (κ1) is 16.7. The number of hydrogen-bond acceptors (Lipinski definition) is 3. The second-order valence-electron chi connectivity index (χ2n) is 6.18. The maximum Gasteiger partial charge on any atom is 0.287 e. The summed E-state index contributed by atoms with van der Waals surface area (Å²) < 4.78 is 0. The molecule has 0 unspecified atom stereocenters. The van der Waals surface area contributed by atoms with Crippen LogP contribution in [0.15, 0.2) is 83.7 Å². The largest absolute Gasteiger partial charge is 0.345 e. The van der Waals surface area contributed by atoms with E-state index in [0.717, 1.165) is 16.7 Å². The maximum absolute atomic E-state index is 12.4. The molecule has 1 amide bonds. The molecule has 0 spiro atoms. The Morgan fingerprint density at radius 2 is 1.52 bits per heavy atom. The van der Waals surface area contributed by atoms with Gasteiger partial charge in [0.05, 0.1) is 10.9 Å². The average molecular weight is 355 g/mol. The predicted molar refractivity (Wildman–Crippen MR) is 105 cm³/mol. The van der Waals surface area contributed by atoms with Crippen LogP contribution in [0, 0.1) is 0 Å². The van der Waals surface area contributed by atoms with Gasteiger partial charge in [0.1, 0.15) is 0 Å². The number of nitrogens with one attached hydrogen (secondary N) is 2. The maximum atomic E-state index is 12.4. The van der Waals surface area contributed by atoms with Crippen molar-refractivity contribution in [2.45, 2.75) is 6.54 Å². The van der Waals surface area contributed by atoms with E-state index < -0.39 is 5.91 Å². The highest BCUT2D eigenvalue weighted by Crippen LogP contribution is 2.19. The van der Waals surface area contributed by atoms with Gasteiger partial charge in [-0.15, -0.1) is 0 Å². The number of hydrogen-bond donors (Lipinski definition) is 2. The Morgan fingerprint density at radius 1 is 0.852 bits per heavy atom. The van der Waals surface area contributed by atoms with Gasteiger partial charge >= 0.3 is 0 Å². The van der Waals surface area contributed by atoms with Gasteiger partial charge in [-0.1, -0.05) is 66.7 Å². The zero-order valence-corrected chi connectivity index (χ0v) is 14.5. The first-order valence-electron chi connectivity index (χ1n) is 8.62. The van der Waals surface area contributed by atoms with E-state index in [9.17, 15) is 9.59 Å². The van der Waals surface area contributed by atoms with Crippen molar-refractivity contribution in [1.29, 1.82) is 0 Å². The van der Waals surface area contributed by atoms with Crippen LogP contribution in [0.3, 0.4) is 0 Å². The molecule has 0 saturated heterocycles. The van der Waals surface area contributed by atoms with Gasteiger partial charge in [0.25, 0.3) is 11.5 Å². The molecule has 0 radical (unpaired) electrons. The van der Waals surface area contributed by atoms with Crippen molar-refractivity contribution in [3.8, 4) is 11.1 Å². The van der Waals surface area contributed by atoms with Crippen LogP contribution in [0.5, 0.6) is 0 Å². The zero-order chi connectivity index (χ0) is 18.6. The molecule has 5 heteroatoms. The Kier molecular flexibility index (Phi) is 4.49. The van der Waals surface area contributed by atoms with Crippen LogP contribution in [-0.2, 0) is 6.54 Å². The number of carbonyl (C=O) groups excluding carboxylic acids is 1. The highest BCUT2D eigenvalue weighted by atomic mass is 16.2. The highest BCUT2D eigenvalue weighted by Gasteiger charge is 2.11. The van der Waals surface area contributed by atoms with Crippen LogP contribution in [-0.4, -0.2) is 15.9 Å². The molecule has 0 aliphatic rings. The molecule has 3 aromatic carbocycles. The Hall–Kier alpha value is -3.73. The molecule has 1 aromatic heterocycles. The quantitative estimate of drug-likeness (QED) is 0.588. The molecule has 1 heterocycles. The number of aromatic nitrogens is 2. The summed E-state index contributed by atoms with van der Waals surface area (Å²) >= 11 is 0. The number of amides is 1. The monoisotopic (exact) mass is 355 g/mol. The summed E-state index contributed by atoms with van der Waals surface area (Å²) in [4.78, 5) is 31.2. The molecule has 0 atom stereocenters. The van der Waals surface area contributed by atoms with Gasteiger partial charge in [0, 0.05) is 6.54 Å². The molecule has 0 bridgehead atoms. The first-order chi connectivity index (χ1) is 13.2. The molecule has 0 aliphatic carbocycles. The van der Waals surface area contributed by atoms with Crippen LogP contribution in [0.2, 0.25) is 0 Å². The summed E-state index contributed by atoms with van der Waals surface area (Å²) in [5.41, 5.74) is 3.40. The van der Waals surface area contributed by atoms with E-state index in [1.54, 1.807) is 24.3 Å². The molecular weight excluding hydrogens is 338 g/mol. The minimum atomic E-state index is -0.412. The number of para-hydroxylation sites is 1. The molecule has 4 aromatic rings. The van der Waals surface area contributed by atoms with Crippen molar-refractivity contribution >= 4 is 16.8 Å². The van der Waals surface area contributed by atoms with Gasteiger partial charge in [-0.2, -0.15) is 0 Å². The van der Waals surface area contributed by atoms with Gasteiger partial charge in [-0.25, -0.2) is 4.98 Å². The van der Waals surface area contributed by atoms with Crippen LogP contribution in [0.4, 0.5) is 0 Å². The first-order valence-corrected chi connectivity index (χ1v) is 8.62. The van der Waals surface area contributed by atoms with Gasteiger partial charge in [0.2, 0.25) is 0 Å². The number of carbonyl (C=O) groups is 1. The third-order valence-corrected chi connectivity index (χ3v) is 4.34. The number of benzene rings is 3. The van der Waals surface area contributed by atoms with E-state index in [4.69, 9.17) is 0 Å².